The van der Waals surface area contributed by atoms with E-state index in [-0.39, 0.29) is 17.3 Å². The monoisotopic (exact) mass is 248 g/mol. The van der Waals surface area contributed by atoms with Gasteiger partial charge in [-0.15, -0.1) is 0 Å². The fourth-order valence-electron chi connectivity index (χ4n) is 1.20. The molecule has 5 nitrogen and oxygen atoms in total. The van der Waals surface area contributed by atoms with Crippen LogP contribution < -0.4 is 10.5 Å². The SMILES string of the molecule is N#Cc1ccc(Oc2nc(N)ncc2F)cc1F. The molecule has 0 aliphatic rings. The van der Waals surface area contributed by atoms with Crippen molar-refractivity contribution in [2.45, 2.75) is 0 Å². The minimum Gasteiger partial charge on any atom is -0.436 e. The second-order valence-electron chi connectivity index (χ2n) is 3.24. The molecular formula is C11H6F2N4O. The number of aromatic nitrogens is 2. The molecule has 0 radical (unpaired) electrons. The highest BCUT2D eigenvalue weighted by molar-refractivity contribution is 5.38. The molecule has 0 atom stereocenters. The Balaban J connectivity index is 2.32. The summed E-state index contributed by atoms with van der Waals surface area (Å²) >= 11 is 0. The van der Waals surface area contributed by atoms with E-state index in [0.29, 0.717) is 0 Å². The number of nitrogens with two attached hydrogens (primary N) is 1. The van der Waals surface area contributed by atoms with Crippen molar-refractivity contribution in [3.05, 3.63) is 41.6 Å². The Morgan fingerprint density at radius 3 is 2.72 bits per heavy atom. The molecule has 2 N–H and O–H groups in total. The molecule has 0 bridgehead atoms. The van der Waals surface area contributed by atoms with Gasteiger partial charge in [0.25, 0.3) is 5.88 Å². The smallest absolute Gasteiger partial charge is 0.260 e. The normalized spacial score (nSPS) is 9.83. The van der Waals surface area contributed by atoms with Gasteiger partial charge in [0.05, 0.1) is 11.8 Å². The van der Waals surface area contributed by atoms with Crippen LogP contribution in [0.2, 0.25) is 0 Å². The molecule has 0 unspecified atom stereocenters. The highest BCUT2D eigenvalue weighted by Crippen LogP contribution is 2.24. The van der Waals surface area contributed by atoms with Crippen molar-refractivity contribution in [1.82, 2.24) is 9.97 Å². The molecule has 0 aliphatic carbocycles. The number of ether oxygens (including phenoxy) is 1. The Morgan fingerprint density at radius 2 is 2.06 bits per heavy atom. The van der Waals surface area contributed by atoms with Crippen LogP contribution in [0, 0.1) is 23.0 Å². The number of nitrogen functional groups attached to an aromatic ring is 1. The Bertz CT molecular complexity index is 639. The van der Waals surface area contributed by atoms with Gasteiger partial charge in [-0.25, -0.2) is 9.37 Å². The van der Waals surface area contributed by atoms with E-state index < -0.39 is 17.5 Å². The van der Waals surface area contributed by atoms with Gasteiger partial charge in [0.2, 0.25) is 11.8 Å². The van der Waals surface area contributed by atoms with Gasteiger partial charge in [0.15, 0.2) is 0 Å². The molecule has 0 fully saturated rings. The van der Waals surface area contributed by atoms with E-state index in [1.54, 1.807) is 6.07 Å². The van der Waals surface area contributed by atoms with Crippen molar-refractivity contribution < 1.29 is 13.5 Å². The molecule has 0 amide bonds. The lowest BCUT2D eigenvalue weighted by atomic mass is 10.2. The maximum absolute atomic E-state index is 13.3. The van der Waals surface area contributed by atoms with Crippen LogP contribution in [0.3, 0.4) is 0 Å². The first-order valence-corrected chi connectivity index (χ1v) is 4.75. The van der Waals surface area contributed by atoms with Gasteiger partial charge in [0, 0.05) is 6.07 Å². The van der Waals surface area contributed by atoms with E-state index in [1.807, 2.05) is 0 Å². The lowest BCUT2D eigenvalue weighted by Gasteiger charge is -2.06. The first-order chi connectivity index (χ1) is 8.60. The van der Waals surface area contributed by atoms with Crippen LogP contribution >= 0.6 is 0 Å². The zero-order valence-corrected chi connectivity index (χ0v) is 8.89. The van der Waals surface area contributed by atoms with E-state index in [4.69, 9.17) is 15.7 Å². The van der Waals surface area contributed by atoms with Crippen LogP contribution in [0.1, 0.15) is 5.56 Å². The summed E-state index contributed by atoms with van der Waals surface area (Å²) in [5.41, 5.74) is 5.14. The number of nitrogens with zero attached hydrogens (tertiary/aromatic N) is 3. The van der Waals surface area contributed by atoms with E-state index >= 15 is 0 Å². The maximum Gasteiger partial charge on any atom is 0.260 e. The summed E-state index contributed by atoms with van der Waals surface area (Å²) in [4.78, 5) is 6.94. The van der Waals surface area contributed by atoms with Gasteiger partial charge in [-0.05, 0) is 12.1 Å². The van der Waals surface area contributed by atoms with Crippen molar-refractivity contribution >= 4 is 5.95 Å². The fraction of sp³-hybridized carbons (Fsp3) is 0. The zero-order valence-electron chi connectivity index (χ0n) is 8.89. The van der Waals surface area contributed by atoms with E-state index in [9.17, 15) is 8.78 Å². The van der Waals surface area contributed by atoms with Crippen molar-refractivity contribution in [2.24, 2.45) is 0 Å². The molecule has 2 rings (SSSR count). The zero-order chi connectivity index (χ0) is 13.1. The van der Waals surface area contributed by atoms with Crippen LogP contribution in [0.4, 0.5) is 14.7 Å². The standard InChI is InChI=1S/C11H6F2N4O/c12-8-3-7(2-1-6(8)4-14)18-10-9(13)5-16-11(15)17-10/h1-3,5H,(H2,15,16,17). The van der Waals surface area contributed by atoms with Gasteiger partial charge >= 0.3 is 0 Å². The summed E-state index contributed by atoms with van der Waals surface area (Å²) in [5, 5.41) is 8.55. The molecule has 0 saturated carbocycles. The van der Waals surface area contributed by atoms with E-state index in [1.165, 1.54) is 12.1 Å². The number of halogens is 2. The Kier molecular flexibility index (Phi) is 3.02. The third-order valence-electron chi connectivity index (χ3n) is 2.01. The molecule has 18 heavy (non-hydrogen) atoms. The highest BCUT2D eigenvalue weighted by Gasteiger charge is 2.10. The predicted octanol–water partition coefficient (Wildman–Crippen LogP) is 2.00. The van der Waals surface area contributed by atoms with Crippen LogP contribution in [0.15, 0.2) is 24.4 Å². The number of benzene rings is 1. The van der Waals surface area contributed by atoms with E-state index in [2.05, 4.69) is 9.97 Å². The number of anilines is 1. The Labute approximate surface area is 100 Å². The molecule has 1 aromatic heterocycles. The average Bonchev–Trinajstić information content (AvgIpc) is 2.34. The third-order valence-corrected chi connectivity index (χ3v) is 2.01. The molecule has 90 valence electrons. The second kappa shape index (κ2) is 4.63. The third kappa shape index (κ3) is 2.32. The first kappa shape index (κ1) is 11.7. The van der Waals surface area contributed by atoms with Crippen LogP contribution in [0.5, 0.6) is 11.6 Å². The largest absolute Gasteiger partial charge is 0.436 e. The van der Waals surface area contributed by atoms with E-state index in [0.717, 1.165) is 12.3 Å². The lowest BCUT2D eigenvalue weighted by molar-refractivity contribution is 0.418. The first-order valence-electron chi connectivity index (χ1n) is 4.75. The lowest BCUT2D eigenvalue weighted by Crippen LogP contribution is -1.99. The summed E-state index contributed by atoms with van der Waals surface area (Å²) in [6, 6.07) is 5.15. The number of hydrogen-bond acceptors (Lipinski definition) is 5. The summed E-state index contributed by atoms with van der Waals surface area (Å²) in [6.07, 6.45) is 0.845. The fourth-order valence-corrected chi connectivity index (χ4v) is 1.20. The quantitative estimate of drug-likeness (QED) is 0.878. The number of rotatable bonds is 2. The second-order valence-corrected chi connectivity index (χ2v) is 3.24. The van der Waals surface area contributed by atoms with Crippen LogP contribution in [-0.2, 0) is 0 Å². The summed E-state index contributed by atoms with van der Waals surface area (Å²) in [5.74, 6) is -2.16. The number of hydrogen-bond donors (Lipinski definition) is 1. The molecule has 1 heterocycles. The van der Waals surface area contributed by atoms with Gasteiger partial charge in [-0.3, -0.25) is 0 Å². The molecule has 1 aromatic carbocycles. The molecular weight excluding hydrogens is 242 g/mol. The summed E-state index contributed by atoms with van der Waals surface area (Å²) in [6.45, 7) is 0. The number of nitriles is 1. The minimum atomic E-state index is -0.825. The van der Waals surface area contributed by atoms with Gasteiger partial charge in [-0.2, -0.15) is 14.6 Å². The predicted molar refractivity (Wildman–Crippen MR) is 57.6 cm³/mol. The van der Waals surface area contributed by atoms with Crippen molar-refractivity contribution in [3.63, 3.8) is 0 Å². The molecule has 0 spiro atoms. The van der Waals surface area contributed by atoms with Crippen LogP contribution in [0.25, 0.3) is 0 Å². The average molecular weight is 248 g/mol. The van der Waals surface area contributed by atoms with Crippen molar-refractivity contribution in [3.8, 4) is 17.7 Å². The van der Waals surface area contributed by atoms with Crippen LogP contribution in [-0.4, -0.2) is 9.97 Å². The summed E-state index contributed by atoms with van der Waals surface area (Å²) < 4.78 is 31.5. The van der Waals surface area contributed by atoms with Crippen molar-refractivity contribution in [1.29, 1.82) is 5.26 Å². The van der Waals surface area contributed by atoms with Gasteiger partial charge in [0.1, 0.15) is 17.6 Å². The highest BCUT2D eigenvalue weighted by atomic mass is 19.1. The topological polar surface area (TPSA) is 84.8 Å². The Morgan fingerprint density at radius 1 is 1.28 bits per heavy atom. The molecule has 2 aromatic rings. The van der Waals surface area contributed by atoms with Crippen molar-refractivity contribution in [2.75, 3.05) is 5.73 Å². The minimum absolute atomic E-state index is 0.00324. The molecule has 0 aliphatic heterocycles. The van der Waals surface area contributed by atoms with Gasteiger partial charge in [-0.1, -0.05) is 0 Å². The maximum atomic E-state index is 13.3. The molecule has 7 heteroatoms. The molecule has 0 saturated heterocycles. The van der Waals surface area contributed by atoms with Gasteiger partial charge < -0.3 is 10.5 Å². The Hall–Kier alpha value is -2.75. The summed E-state index contributed by atoms with van der Waals surface area (Å²) in [7, 11) is 0.